The van der Waals surface area contributed by atoms with E-state index in [2.05, 4.69) is 26.2 Å². The fourth-order valence-electron chi connectivity index (χ4n) is 1.84. The summed E-state index contributed by atoms with van der Waals surface area (Å²) in [5.41, 5.74) is 1.47. The largest absolute Gasteiger partial charge is 0.496 e. The average Bonchev–Trinajstić information content (AvgIpc) is 2.48. The predicted octanol–water partition coefficient (Wildman–Crippen LogP) is 2.83. The van der Waals surface area contributed by atoms with E-state index in [1.807, 2.05) is 18.2 Å². The number of methoxy groups -OCH3 is 1. The van der Waals surface area contributed by atoms with Gasteiger partial charge in [0.05, 0.1) is 7.11 Å². The molecular formula is C15H15BrN2O2. The molecule has 0 spiro atoms. The number of hydrogen-bond acceptors (Lipinski definition) is 3. The lowest BCUT2D eigenvalue weighted by Gasteiger charge is -2.09. The summed E-state index contributed by atoms with van der Waals surface area (Å²) in [5, 5.41) is 2.85. The Labute approximate surface area is 126 Å². The molecule has 2 rings (SSSR count). The van der Waals surface area contributed by atoms with Gasteiger partial charge in [0.1, 0.15) is 11.4 Å². The first-order valence-electron chi connectivity index (χ1n) is 6.22. The third-order valence-electron chi connectivity index (χ3n) is 2.82. The zero-order chi connectivity index (χ0) is 14.4. The van der Waals surface area contributed by atoms with Gasteiger partial charge in [-0.15, -0.1) is 0 Å². The first-order chi connectivity index (χ1) is 9.70. The topological polar surface area (TPSA) is 51.2 Å². The number of nitrogens with one attached hydrogen (secondary N) is 1. The van der Waals surface area contributed by atoms with Crippen LogP contribution in [0.2, 0.25) is 0 Å². The van der Waals surface area contributed by atoms with Crippen molar-refractivity contribution < 1.29 is 9.53 Å². The minimum atomic E-state index is -0.167. The summed E-state index contributed by atoms with van der Waals surface area (Å²) in [5.74, 6) is 0.653. The van der Waals surface area contributed by atoms with Gasteiger partial charge in [-0.05, 0) is 42.3 Å². The van der Waals surface area contributed by atoms with E-state index in [4.69, 9.17) is 4.74 Å². The van der Waals surface area contributed by atoms with Gasteiger partial charge < -0.3 is 10.1 Å². The van der Waals surface area contributed by atoms with Crippen molar-refractivity contribution in [3.8, 4) is 5.75 Å². The molecule has 2 aromatic rings. The Balaban J connectivity index is 1.93. The minimum Gasteiger partial charge on any atom is -0.496 e. The second kappa shape index (κ2) is 7.05. The number of pyridine rings is 1. The Bertz CT molecular complexity index is 588. The SMILES string of the molecule is COc1ccc(Br)cc1CCNC(=O)c1ccccn1. The molecule has 104 valence electrons. The fourth-order valence-corrected chi connectivity index (χ4v) is 2.25. The summed E-state index contributed by atoms with van der Waals surface area (Å²) in [6.07, 6.45) is 2.30. The van der Waals surface area contributed by atoms with Gasteiger partial charge in [0.25, 0.3) is 5.91 Å². The van der Waals surface area contributed by atoms with Crippen LogP contribution in [0.5, 0.6) is 5.75 Å². The van der Waals surface area contributed by atoms with Crippen molar-refractivity contribution in [3.63, 3.8) is 0 Å². The van der Waals surface area contributed by atoms with E-state index < -0.39 is 0 Å². The van der Waals surface area contributed by atoms with Gasteiger partial charge in [0.15, 0.2) is 0 Å². The van der Waals surface area contributed by atoms with Crippen LogP contribution in [0.3, 0.4) is 0 Å². The Morgan fingerprint density at radius 1 is 1.35 bits per heavy atom. The molecule has 0 bridgehead atoms. The number of aromatic nitrogens is 1. The van der Waals surface area contributed by atoms with E-state index in [1.54, 1.807) is 31.5 Å². The van der Waals surface area contributed by atoms with Crippen LogP contribution in [0.4, 0.5) is 0 Å². The van der Waals surface area contributed by atoms with Crippen molar-refractivity contribution in [2.24, 2.45) is 0 Å². The molecule has 1 aromatic heterocycles. The van der Waals surface area contributed by atoms with E-state index in [9.17, 15) is 4.79 Å². The molecule has 1 amide bonds. The Morgan fingerprint density at radius 2 is 2.20 bits per heavy atom. The number of carbonyl (C=O) groups is 1. The lowest BCUT2D eigenvalue weighted by molar-refractivity contribution is 0.0949. The first kappa shape index (κ1) is 14.5. The standard InChI is InChI=1S/C15H15BrN2O2/c1-20-14-6-5-12(16)10-11(14)7-9-18-15(19)13-4-2-3-8-17-13/h2-6,8,10H,7,9H2,1H3,(H,18,19). The summed E-state index contributed by atoms with van der Waals surface area (Å²) in [6, 6.07) is 11.1. The van der Waals surface area contributed by atoms with Gasteiger partial charge in [-0.3, -0.25) is 9.78 Å². The van der Waals surface area contributed by atoms with Gasteiger partial charge in [-0.1, -0.05) is 22.0 Å². The van der Waals surface area contributed by atoms with Crippen molar-refractivity contribution in [2.45, 2.75) is 6.42 Å². The highest BCUT2D eigenvalue weighted by molar-refractivity contribution is 9.10. The molecule has 5 heteroatoms. The van der Waals surface area contributed by atoms with E-state index in [1.165, 1.54) is 0 Å². The number of halogens is 1. The highest BCUT2D eigenvalue weighted by Crippen LogP contribution is 2.23. The predicted molar refractivity (Wildman–Crippen MR) is 81.0 cm³/mol. The third kappa shape index (κ3) is 3.81. The van der Waals surface area contributed by atoms with Gasteiger partial charge >= 0.3 is 0 Å². The minimum absolute atomic E-state index is 0.167. The number of benzene rings is 1. The van der Waals surface area contributed by atoms with Crippen LogP contribution in [-0.4, -0.2) is 24.5 Å². The highest BCUT2D eigenvalue weighted by Gasteiger charge is 2.07. The highest BCUT2D eigenvalue weighted by atomic mass is 79.9. The molecule has 0 saturated heterocycles. The lowest BCUT2D eigenvalue weighted by Crippen LogP contribution is -2.26. The molecule has 20 heavy (non-hydrogen) atoms. The fraction of sp³-hybridized carbons (Fsp3) is 0.200. The molecule has 0 aliphatic carbocycles. The number of ether oxygens (including phenoxy) is 1. The zero-order valence-electron chi connectivity index (χ0n) is 11.1. The molecular weight excluding hydrogens is 320 g/mol. The number of nitrogens with zero attached hydrogens (tertiary/aromatic N) is 1. The molecule has 0 fully saturated rings. The second-order valence-corrected chi connectivity index (χ2v) is 5.09. The first-order valence-corrected chi connectivity index (χ1v) is 7.01. The quantitative estimate of drug-likeness (QED) is 0.914. The van der Waals surface area contributed by atoms with Crippen molar-refractivity contribution >= 4 is 21.8 Å². The van der Waals surface area contributed by atoms with Crippen LogP contribution in [0.25, 0.3) is 0 Å². The van der Waals surface area contributed by atoms with Gasteiger partial charge in [0.2, 0.25) is 0 Å². The summed E-state index contributed by atoms with van der Waals surface area (Å²) in [6.45, 7) is 0.530. The van der Waals surface area contributed by atoms with Crippen LogP contribution in [-0.2, 0) is 6.42 Å². The second-order valence-electron chi connectivity index (χ2n) is 4.18. The summed E-state index contributed by atoms with van der Waals surface area (Å²) in [7, 11) is 1.64. The van der Waals surface area contributed by atoms with Crippen LogP contribution in [0.15, 0.2) is 47.1 Å². The molecule has 0 atom stereocenters. The maximum Gasteiger partial charge on any atom is 0.269 e. The average molecular weight is 335 g/mol. The number of hydrogen-bond donors (Lipinski definition) is 1. The summed E-state index contributed by atoms with van der Waals surface area (Å²) in [4.78, 5) is 15.9. The van der Waals surface area contributed by atoms with Crippen molar-refractivity contribution in [1.82, 2.24) is 10.3 Å². The maximum atomic E-state index is 11.8. The molecule has 0 saturated carbocycles. The van der Waals surface area contributed by atoms with E-state index in [0.29, 0.717) is 18.7 Å². The molecule has 1 heterocycles. The summed E-state index contributed by atoms with van der Waals surface area (Å²) >= 11 is 3.43. The van der Waals surface area contributed by atoms with Gasteiger partial charge in [0, 0.05) is 17.2 Å². The van der Waals surface area contributed by atoms with E-state index >= 15 is 0 Å². The van der Waals surface area contributed by atoms with Crippen molar-refractivity contribution in [1.29, 1.82) is 0 Å². The smallest absolute Gasteiger partial charge is 0.269 e. The molecule has 1 N–H and O–H groups in total. The van der Waals surface area contributed by atoms with Gasteiger partial charge in [-0.25, -0.2) is 0 Å². The zero-order valence-corrected chi connectivity index (χ0v) is 12.7. The summed E-state index contributed by atoms with van der Waals surface area (Å²) < 4.78 is 6.29. The Hall–Kier alpha value is -1.88. The van der Waals surface area contributed by atoms with E-state index in [0.717, 1.165) is 15.8 Å². The van der Waals surface area contributed by atoms with E-state index in [-0.39, 0.29) is 5.91 Å². The monoisotopic (exact) mass is 334 g/mol. The Morgan fingerprint density at radius 3 is 2.90 bits per heavy atom. The normalized spacial score (nSPS) is 10.1. The van der Waals surface area contributed by atoms with Crippen LogP contribution in [0, 0.1) is 0 Å². The number of amides is 1. The van der Waals surface area contributed by atoms with Gasteiger partial charge in [-0.2, -0.15) is 0 Å². The molecule has 0 radical (unpaired) electrons. The molecule has 0 aliphatic rings. The van der Waals surface area contributed by atoms with Crippen LogP contribution in [0.1, 0.15) is 16.1 Å². The molecule has 0 aliphatic heterocycles. The number of carbonyl (C=O) groups excluding carboxylic acids is 1. The molecule has 4 nitrogen and oxygen atoms in total. The van der Waals surface area contributed by atoms with Crippen molar-refractivity contribution in [2.75, 3.05) is 13.7 Å². The van der Waals surface area contributed by atoms with Crippen LogP contribution < -0.4 is 10.1 Å². The molecule has 1 aromatic carbocycles. The number of rotatable bonds is 5. The molecule has 0 unspecified atom stereocenters. The Kier molecular flexibility index (Phi) is 5.12. The maximum absolute atomic E-state index is 11.8. The van der Waals surface area contributed by atoms with Crippen molar-refractivity contribution in [3.05, 3.63) is 58.3 Å². The van der Waals surface area contributed by atoms with Crippen LogP contribution >= 0.6 is 15.9 Å². The third-order valence-corrected chi connectivity index (χ3v) is 3.31. The lowest BCUT2D eigenvalue weighted by atomic mass is 10.1.